The van der Waals surface area contributed by atoms with Gasteiger partial charge in [0.25, 0.3) is 0 Å². The molecule has 1 heterocycles. The van der Waals surface area contributed by atoms with E-state index in [0.29, 0.717) is 6.42 Å². The van der Waals surface area contributed by atoms with Crippen LogP contribution in [0.2, 0.25) is 10.0 Å². The molecule has 0 aromatic heterocycles. The predicted octanol–water partition coefficient (Wildman–Crippen LogP) is 4.45. The lowest BCUT2D eigenvalue weighted by molar-refractivity contribution is -0.123. The van der Waals surface area contributed by atoms with Gasteiger partial charge in [0.15, 0.2) is 0 Å². The quantitative estimate of drug-likeness (QED) is 0.386. The Hall–Kier alpha value is -2.28. The minimum absolute atomic E-state index is 0.00264. The summed E-state index contributed by atoms with van der Waals surface area (Å²) in [6.45, 7) is 5.42. The molecule has 3 rings (SSSR count). The number of rotatable bonds is 8. The van der Waals surface area contributed by atoms with Crippen molar-refractivity contribution in [2.24, 2.45) is 5.41 Å². The summed E-state index contributed by atoms with van der Waals surface area (Å²) in [5, 5.41) is 35.7. The number of nitriles is 1. The highest BCUT2D eigenvalue weighted by atomic mass is 35.5. The van der Waals surface area contributed by atoms with Crippen LogP contribution in [-0.4, -0.2) is 47.5 Å². The largest absolute Gasteiger partial charge is 0.394 e. The molecule has 1 aliphatic rings. The molecule has 5 atom stereocenters. The zero-order chi connectivity index (χ0) is 27.5. The minimum Gasteiger partial charge on any atom is -0.394 e. The molecule has 1 aliphatic heterocycles. The van der Waals surface area contributed by atoms with Crippen LogP contribution in [0.1, 0.15) is 50.7 Å². The van der Waals surface area contributed by atoms with Gasteiger partial charge in [-0.05, 0) is 54.2 Å². The van der Waals surface area contributed by atoms with Crippen LogP contribution < -0.4 is 10.6 Å². The lowest BCUT2D eigenvalue weighted by Crippen LogP contribution is -2.46. The first kappa shape index (κ1) is 29.3. The molecule has 0 radical (unpaired) electrons. The maximum atomic E-state index is 15.5. The lowest BCUT2D eigenvalue weighted by atomic mass is 9.62. The maximum Gasteiger partial charge on any atom is 0.237 e. The van der Waals surface area contributed by atoms with Crippen LogP contribution in [0.15, 0.2) is 36.4 Å². The smallest absolute Gasteiger partial charge is 0.237 e. The third kappa shape index (κ3) is 6.24. The van der Waals surface area contributed by atoms with E-state index in [4.69, 9.17) is 28.3 Å². The monoisotopic (exact) mass is 553 g/mol. The van der Waals surface area contributed by atoms with E-state index in [2.05, 4.69) is 16.7 Å². The number of nitrogens with zero attached hydrogens (tertiary/aromatic N) is 1. The summed E-state index contributed by atoms with van der Waals surface area (Å²) in [5.41, 5.74) is -2.06. The summed E-state index contributed by atoms with van der Waals surface area (Å²) in [5.74, 6) is -3.15. The van der Waals surface area contributed by atoms with Gasteiger partial charge in [0.1, 0.15) is 17.0 Å². The second-order valence-corrected chi connectivity index (χ2v) is 11.5. The number of hydrogen-bond donors (Lipinski definition) is 4. The number of carbonyl (C=O) groups excluding carboxylic acids is 1. The van der Waals surface area contributed by atoms with Crippen LogP contribution in [0.4, 0.5) is 8.78 Å². The fourth-order valence-electron chi connectivity index (χ4n) is 5.11. The highest BCUT2D eigenvalue weighted by molar-refractivity contribution is 6.30. The molecule has 1 fully saturated rings. The number of amides is 1. The molecule has 0 bridgehead atoms. The first-order valence-corrected chi connectivity index (χ1v) is 12.7. The van der Waals surface area contributed by atoms with Crippen molar-refractivity contribution in [2.75, 3.05) is 13.2 Å². The van der Waals surface area contributed by atoms with Gasteiger partial charge >= 0.3 is 0 Å². The second-order valence-electron chi connectivity index (χ2n) is 10.6. The fraction of sp³-hybridized carbons (Fsp3) is 0.481. The number of hydrogen-bond acceptors (Lipinski definition) is 5. The van der Waals surface area contributed by atoms with E-state index in [1.165, 1.54) is 24.3 Å². The Bertz CT molecular complexity index is 1180. The van der Waals surface area contributed by atoms with Gasteiger partial charge in [-0.3, -0.25) is 4.79 Å². The standard InChI is InChI=1S/C27H31Cl2F2N3O3/c1-26(2,3)12-22-27(14-32,19-6-4-16(29)11-21(19)31)23(18-10-15(28)5-7-20(18)30)24(34-22)25(37)33-9-8-17(36)13-35/h4-7,10-11,17,22-24,34-36H,8-9,12-13H2,1-3H3,(H,33,37)/t17-,22?,23?,24?,27?/m0/s1. The zero-order valence-electron chi connectivity index (χ0n) is 20.9. The molecule has 0 aliphatic carbocycles. The molecule has 0 spiro atoms. The molecule has 1 amide bonds. The summed E-state index contributed by atoms with van der Waals surface area (Å²) in [4.78, 5) is 13.5. The average Bonchev–Trinajstić information content (AvgIpc) is 3.13. The number of aliphatic hydroxyl groups is 2. The van der Waals surface area contributed by atoms with Crippen LogP contribution in [0, 0.1) is 28.4 Å². The van der Waals surface area contributed by atoms with Gasteiger partial charge in [-0.1, -0.05) is 50.0 Å². The number of halogens is 4. The molecule has 2 aromatic carbocycles. The lowest BCUT2D eigenvalue weighted by Gasteiger charge is -2.37. The van der Waals surface area contributed by atoms with Crippen LogP contribution in [0.25, 0.3) is 0 Å². The van der Waals surface area contributed by atoms with Gasteiger partial charge in [-0.15, -0.1) is 0 Å². The van der Waals surface area contributed by atoms with E-state index in [0.717, 1.165) is 12.1 Å². The highest BCUT2D eigenvalue weighted by Crippen LogP contribution is 2.52. The molecule has 4 N–H and O–H groups in total. The zero-order valence-corrected chi connectivity index (χ0v) is 22.4. The molecule has 37 heavy (non-hydrogen) atoms. The van der Waals surface area contributed by atoms with E-state index < -0.39 is 53.7 Å². The molecule has 200 valence electrons. The first-order valence-electron chi connectivity index (χ1n) is 12.0. The molecule has 0 saturated carbocycles. The molecule has 4 unspecified atom stereocenters. The Morgan fingerprint density at radius 1 is 1.19 bits per heavy atom. The summed E-state index contributed by atoms with van der Waals surface area (Å²) in [6.07, 6.45) is -0.576. The van der Waals surface area contributed by atoms with Crippen molar-refractivity contribution < 1.29 is 23.8 Å². The van der Waals surface area contributed by atoms with Crippen molar-refractivity contribution >= 4 is 29.1 Å². The molecular weight excluding hydrogens is 523 g/mol. The molecule has 10 heteroatoms. The van der Waals surface area contributed by atoms with Gasteiger partial charge in [0, 0.05) is 34.1 Å². The SMILES string of the molecule is CC(C)(C)CC1NC(C(=O)NCC[C@H](O)CO)C(c2cc(Cl)ccc2F)C1(C#N)c1ccc(Cl)cc1F. The summed E-state index contributed by atoms with van der Waals surface area (Å²) in [7, 11) is 0. The number of aliphatic hydroxyl groups excluding tert-OH is 2. The predicted molar refractivity (Wildman–Crippen MR) is 138 cm³/mol. The Balaban J connectivity index is 2.24. The van der Waals surface area contributed by atoms with Crippen molar-refractivity contribution in [3.8, 4) is 6.07 Å². The summed E-state index contributed by atoms with van der Waals surface area (Å²) in [6, 6.07) is 8.23. The summed E-state index contributed by atoms with van der Waals surface area (Å²) >= 11 is 12.2. The minimum atomic E-state index is -1.71. The van der Waals surface area contributed by atoms with Gasteiger partial charge in [-0.2, -0.15) is 5.26 Å². The highest BCUT2D eigenvalue weighted by Gasteiger charge is 2.61. The Labute approximate surface area is 225 Å². The van der Waals surface area contributed by atoms with Crippen molar-refractivity contribution in [1.82, 2.24) is 10.6 Å². The Kier molecular flexibility index (Phi) is 9.20. The average molecular weight is 554 g/mol. The van der Waals surface area contributed by atoms with Crippen molar-refractivity contribution in [3.05, 3.63) is 69.2 Å². The third-order valence-corrected chi connectivity index (χ3v) is 7.17. The second kappa shape index (κ2) is 11.6. The van der Waals surface area contributed by atoms with Crippen LogP contribution in [0.5, 0.6) is 0 Å². The number of benzene rings is 2. The van der Waals surface area contributed by atoms with Crippen molar-refractivity contribution in [3.63, 3.8) is 0 Å². The van der Waals surface area contributed by atoms with Gasteiger partial charge in [-0.25, -0.2) is 8.78 Å². The van der Waals surface area contributed by atoms with Gasteiger partial charge in [0.05, 0.1) is 24.8 Å². The van der Waals surface area contributed by atoms with Crippen molar-refractivity contribution in [2.45, 2.75) is 63.1 Å². The van der Waals surface area contributed by atoms with Crippen LogP contribution >= 0.6 is 23.2 Å². The maximum absolute atomic E-state index is 15.5. The van der Waals surface area contributed by atoms with Crippen LogP contribution in [-0.2, 0) is 10.2 Å². The van der Waals surface area contributed by atoms with Gasteiger partial charge in [0.2, 0.25) is 5.91 Å². The first-order chi connectivity index (χ1) is 17.3. The van der Waals surface area contributed by atoms with Crippen LogP contribution in [0.3, 0.4) is 0 Å². The van der Waals surface area contributed by atoms with E-state index in [-0.39, 0.29) is 39.6 Å². The Morgan fingerprint density at radius 3 is 2.43 bits per heavy atom. The van der Waals surface area contributed by atoms with Gasteiger partial charge < -0.3 is 20.8 Å². The van der Waals surface area contributed by atoms with E-state index in [9.17, 15) is 15.2 Å². The third-order valence-electron chi connectivity index (χ3n) is 6.70. The number of nitrogens with one attached hydrogen (secondary N) is 2. The fourth-order valence-corrected chi connectivity index (χ4v) is 5.45. The molecule has 2 aromatic rings. The number of carbonyl (C=O) groups is 1. The van der Waals surface area contributed by atoms with E-state index >= 15 is 8.78 Å². The van der Waals surface area contributed by atoms with E-state index in [1.54, 1.807) is 0 Å². The normalized spacial score (nSPS) is 24.5. The summed E-state index contributed by atoms with van der Waals surface area (Å²) < 4.78 is 30.9. The molecular formula is C27H31Cl2F2N3O3. The molecule has 1 saturated heterocycles. The topological polar surface area (TPSA) is 105 Å². The van der Waals surface area contributed by atoms with E-state index in [1.807, 2.05) is 20.8 Å². The Morgan fingerprint density at radius 2 is 1.84 bits per heavy atom. The molecule has 6 nitrogen and oxygen atoms in total. The van der Waals surface area contributed by atoms with Crippen molar-refractivity contribution in [1.29, 1.82) is 5.26 Å².